The summed E-state index contributed by atoms with van der Waals surface area (Å²) in [4.78, 5) is 11.1. The van der Waals surface area contributed by atoms with Gasteiger partial charge in [0, 0.05) is 11.3 Å². The first-order chi connectivity index (χ1) is 13.0. The van der Waals surface area contributed by atoms with Crippen LogP contribution in [0.4, 0.5) is 5.69 Å². The second kappa shape index (κ2) is 8.05. The number of halogens is 1. The maximum absolute atomic E-state index is 11.1. The fourth-order valence-corrected chi connectivity index (χ4v) is 2.88. The van der Waals surface area contributed by atoms with Crippen molar-refractivity contribution in [3.8, 4) is 0 Å². The molecule has 1 aromatic heterocycles. The van der Waals surface area contributed by atoms with Gasteiger partial charge in [0.25, 0.3) is 0 Å². The number of nitrogens with zero attached hydrogens (tertiary/aromatic N) is 3. The first-order valence-electron chi connectivity index (χ1n) is 8.35. The molecule has 138 valence electrons. The molecule has 0 radical (unpaired) electrons. The Balaban J connectivity index is 1.78. The normalized spacial score (nSPS) is 11.1. The van der Waals surface area contributed by atoms with Crippen LogP contribution in [0.2, 0.25) is 5.02 Å². The molecule has 0 fully saturated rings. The number of hydrazone groups is 1. The Labute approximate surface area is 162 Å². The molecule has 0 aliphatic carbocycles. The summed E-state index contributed by atoms with van der Waals surface area (Å²) in [6.45, 7) is 4.59. The molecule has 0 unspecified atom stereocenters. The van der Waals surface area contributed by atoms with Crippen LogP contribution < -0.4 is 5.43 Å². The van der Waals surface area contributed by atoms with Gasteiger partial charge < -0.3 is 5.11 Å². The molecule has 6 nitrogen and oxygen atoms in total. The van der Waals surface area contributed by atoms with E-state index in [2.05, 4.69) is 27.8 Å². The molecule has 2 aromatic carbocycles. The topological polar surface area (TPSA) is 79.5 Å². The van der Waals surface area contributed by atoms with Gasteiger partial charge in [-0.25, -0.2) is 4.79 Å². The van der Waals surface area contributed by atoms with Gasteiger partial charge in [0.1, 0.15) is 0 Å². The minimum absolute atomic E-state index is 0.139. The molecule has 0 atom stereocenters. The number of carbonyl (C=O) groups is 1. The van der Waals surface area contributed by atoms with Gasteiger partial charge in [0.2, 0.25) is 0 Å². The highest BCUT2D eigenvalue weighted by Crippen LogP contribution is 2.23. The lowest BCUT2D eigenvalue weighted by Crippen LogP contribution is -2.04. The second-order valence-electron chi connectivity index (χ2n) is 6.10. The zero-order chi connectivity index (χ0) is 19.4. The number of carboxylic acid groups (broad SMARTS) is 1. The van der Waals surface area contributed by atoms with Crippen LogP contribution >= 0.6 is 11.6 Å². The lowest BCUT2D eigenvalue weighted by molar-refractivity contribution is 0.0697. The number of hydrogen-bond acceptors (Lipinski definition) is 4. The number of aromatic carboxylic acids is 1. The summed E-state index contributed by atoms with van der Waals surface area (Å²) in [6, 6.07) is 14.5. The predicted octanol–water partition coefficient (Wildman–Crippen LogP) is 4.35. The molecule has 0 saturated heterocycles. The smallest absolute Gasteiger partial charge is 0.335 e. The molecule has 0 amide bonds. The van der Waals surface area contributed by atoms with E-state index in [-0.39, 0.29) is 5.56 Å². The summed E-state index contributed by atoms with van der Waals surface area (Å²) in [7, 11) is 0. The number of benzene rings is 2. The van der Waals surface area contributed by atoms with Gasteiger partial charge in [-0.05, 0) is 37.6 Å². The number of aryl methyl sites for hydroxylation is 1. The SMILES string of the molecule is Cc1nn(Cc2ccccc2)c(C)c1/C=N\Nc1cc(C(=O)O)ccc1Cl. The van der Waals surface area contributed by atoms with Crippen molar-refractivity contribution < 1.29 is 9.90 Å². The summed E-state index contributed by atoms with van der Waals surface area (Å²) in [5.41, 5.74) is 7.30. The summed E-state index contributed by atoms with van der Waals surface area (Å²) in [6.07, 6.45) is 1.67. The fraction of sp³-hybridized carbons (Fsp3) is 0.150. The number of rotatable bonds is 6. The molecule has 27 heavy (non-hydrogen) atoms. The van der Waals surface area contributed by atoms with Crippen molar-refractivity contribution >= 4 is 29.5 Å². The molecular formula is C20H19ClN4O2. The Bertz CT molecular complexity index is 997. The van der Waals surface area contributed by atoms with Crippen molar-refractivity contribution in [1.82, 2.24) is 9.78 Å². The van der Waals surface area contributed by atoms with Gasteiger partial charge in [-0.15, -0.1) is 0 Å². The summed E-state index contributed by atoms with van der Waals surface area (Å²) in [5.74, 6) is -1.02. The molecule has 3 aromatic rings. The van der Waals surface area contributed by atoms with E-state index < -0.39 is 5.97 Å². The third-order valence-corrected chi connectivity index (χ3v) is 4.53. The quantitative estimate of drug-likeness (QED) is 0.490. The lowest BCUT2D eigenvalue weighted by Gasteiger charge is -2.05. The zero-order valence-electron chi connectivity index (χ0n) is 15.0. The van der Waals surface area contributed by atoms with E-state index >= 15 is 0 Å². The number of nitrogens with one attached hydrogen (secondary N) is 1. The maximum atomic E-state index is 11.1. The van der Waals surface area contributed by atoms with E-state index in [1.807, 2.05) is 36.7 Å². The fourth-order valence-electron chi connectivity index (χ4n) is 2.72. The van der Waals surface area contributed by atoms with Gasteiger partial charge in [0.15, 0.2) is 0 Å². The van der Waals surface area contributed by atoms with Crippen LogP contribution in [0.15, 0.2) is 53.6 Å². The number of aromatic nitrogens is 2. The zero-order valence-corrected chi connectivity index (χ0v) is 15.7. The average molecular weight is 383 g/mol. The molecule has 2 N–H and O–H groups in total. The van der Waals surface area contributed by atoms with E-state index in [0.717, 1.165) is 17.0 Å². The molecule has 0 spiro atoms. The molecular weight excluding hydrogens is 364 g/mol. The Morgan fingerprint density at radius 3 is 2.70 bits per heavy atom. The molecule has 0 bridgehead atoms. The van der Waals surface area contributed by atoms with Crippen molar-refractivity contribution in [3.63, 3.8) is 0 Å². The molecule has 3 rings (SSSR count). The first-order valence-corrected chi connectivity index (χ1v) is 8.73. The molecule has 1 heterocycles. The van der Waals surface area contributed by atoms with Gasteiger partial charge >= 0.3 is 5.97 Å². The third kappa shape index (κ3) is 4.35. The standard InChI is InChI=1S/C20H19ClN4O2/c1-13-17(14(2)25(24-13)12-15-6-4-3-5-7-15)11-22-23-19-10-16(20(26)27)8-9-18(19)21/h3-11,23H,12H2,1-2H3,(H,26,27)/b22-11-. The van der Waals surface area contributed by atoms with E-state index in [9.17, 15) is 4.79 Å². The lowest BCUT2D eigenvalue weighted by atomic mass is 10.2. The average Bonchev–Trinajstić information content (AvgIpc) is 2.91. The highest BCUT2D eigenvalue weighted by atomic mass is 35.5. The monoisotopic (exact) mass is 382 g/mol. The minimum Gasteiger partial charge on any atom is -0.478 e. The largest absolute Gasteiger partial charge is 0.478 e. The Kier molecular flexibility index (Phi) is 5.57. The maximum Gasteiger partial charge on any atom is 0.335 e. The Morgan fingerprint density at radius 1 is 1.26 bits per heavy atom. The second-order valence-corrected chi connectivity index (χ2v) is 6.50. The van der Waals surface area contributed by atoms with Crippen LogP contribution in [-0.4, -0.2) is 27.1 Å². The van der Waals surface area contributed by atoms with Crippen LogP contribution in [0.1, 0.15) is 32.9 Å². The number of anilines is 1. The van der Waals surface area contributed by atoms with Crippen molar-refractivity contribution in [2.45, 2.75) is 20.4 Å². The minimum atomic E-state index is -1.02. The van der Waals surface area contributed by atoms with E-state index in [4.69, 9.17) is 16.7 Å². The van der Waals surface area contributed by atoms with E-state index in [1.165, 1.54) is 23.8 Å². The van der Waals surface area contributed by atoms with Crippen LogP contribution in [0.5, 0.6) is 0 Å². The van der Waals surface area contributed by atoms with Crippen molar-refractivity contribution in [2.24, 2.45) is 5.10 Å². The summed E-state index contributed by atoms with van der Waals surface area (Å²) < 4.78 is 1.93. The van der Waals surface area contributed by atoms with Crippen molar-refractivity contribution in [1.29, 1.82) is 0 Å². The van der Waals surface area contributed by atoms with Gasteiger partial charge in [0.05, 0.1) is 34.7 Å². The van der Waals surface area contributed by atoms with Crippen LogP contribution in [-0.2, 0) is 6.54 Å². The van der Waals surface area contributed by atoms with E-state index in [0.29, 0.717) is 17.3 Å². The Hall–Kier alpha value is -3.12. The van der Waals surface area contributed by atoms with Gasteiger partial charge in [-0.1, -0.05) is 41.9 Å². The molecule has 0 aliphatic rings. The van der Waals surface area contributed by atoms with Gasteiger partial charge in [-0.3, -0.25) is 10.1 Å². The summed E-state index contributed by atoms with van der Waals surface area (Å²) in [5, 5.41) is 18.3. The molecule has 0 saturated carbocycles. The van der Waals surface area contributed by atoms with Crippen LogP contribution in [0, 0.1) is 13.8 Å². The van der Waals surface area contributed by atoms with Crippen LogP contribution in [0.25, 0.3) is 0 Å². The summed E-state index contributed by atoms with van der Waals surface area (Å²) >= 11 is 6.09. The third-order valence-electron chi connectivity index (χ3n) is 4.20. The number of carboxylic acids is 1. The predicted molar refractivity (Wildman–Crippen MR) is 107 cm³/mol. The highest BCUT2D eigenvalue weighted by Gasteiger charge is 2.10. The van der Waals surface area contributed by atoms with E-state index in [1.54, 1.807) is 6.21 Å². The van der Waals surface area contributed by atoms with Gasteiger partial charge in [-0.2, -0.15) is 10.2 Å². The van der Waals surface area contributed by atoms with Crippen molar-refractivity contribution in [2.75, 3.05) is 5.43 Å². The van der Waals surface area contributed by atoms with Crippen molar-refractivity contribution in [3.05, 3.63) is 81.6 Å². The molecule has 0 aliphatic heterocycles. The molecule has 7 heteroatoms. The highest BCUT2D eigenvalue weighted by molar-refractivity contribution is 6.33. The number of hydrogen-bond donors (Lipinski definition) is 2. The van der Waals surface area contributed by atoms with Crippen LogP contribution in [0.3, 0.4) is 0 Å². The first kappa shape index (κ1) is 18.7. The Morgan fingerprint density at radius 2 is 2.00 bits per heavy atom.